The summed E-state index contributed by atoms with van der Waals surface area (Å²) in [6.45, 7) is 0. The van der Waals surface area contributed by atoms with Crippen LogP contribution in [-0.2, 0) is 5.41 Å². The van der Waals surface area contributed by atoms with Gasteiger partial charge in [0, 0.05) is 33.4 Å². The highest BCUT2D eigenvalue weighted by molar-refractivity contribution is 5.90. The molecule has 4 nitrogen and oxygen atoms in total. The summed E-state index contributed by atoms with van der Waals surface area (Å²) in [6, 6.07) is 61.3. The van der Waals surface area contributed by atoms with Crippen molar-refractivity contribution in [3.63, 3.8) is 0 Å². The van der Waals surface area contributed by atoms with Gasteiger partial charge in [-0.2, -0.15) is 0 Å². The quantitative estimate of drug-likeness (QED) is 0.192. The van der Waals surface area contributed by atoms with E-state index in [0.717, 1.165) is 50.4 Å². The van der Waals surface area contributed by atoms with Crippen LogP contribution in [0.3, 0.4) is 0 Å². The molecular formula is C46H29N3O. The summed E-state index contributed by atoms with van der Waals surface area (Å²) in [6.07, 6.45) is 0. The average Bonchev–Trinajstić information content (AvgIpc) is 3.49. The van der Waals surface area contributed by atoms with Crippen molar-refractivity contribution in [1.29, 1.82) is 0 Å². The Balaban J connectivity index is 1.18. The van der Waals surface area contributed by atoms with E-state index in [1.807, 2.05) is 60.7 Å². The van der Waals surface area contributed by atoms with Crippen LogP contribution in [0.2, 0.25) is 0 Å². The lowest BCUT2D eigenvalue weighted by molar-refractivity contribution is 0.438. The van der Waals surface area contributed by atoms with E-state index in [2.05, 4.69) is 115 Å². The lowest BCUT2D eigenvalue weighted by atomic mass is 9.65. The Morgan fingerprint density at radius 1 is 0.340 bits per heavy atom. The fourth-order valence-corrected chi connectivity index (χ4v) is 7.87. The van der Waals surface area contributed by atoms with E-state index >= 15 is 0 Å². The maximum absolute atomic E-state index is 6.94. The maximum Gasteiger partial charge on any atom is 0.164 e. The number of hydrogen-bond donors (Lipinski definition) is 0. The second-order valence-electron chi connectivity index (χ2n) is 12.7. The van der Waals surface area contributed by atoms with Gasteiger partial charge in [-0.15, -0.1) is 0 Å². The standard InChI is InChI=1S/C46H29N3O/c1-3-15-30(16-4-1)43-47-44(31-17-5-2-6-18-31)49-45(48-43)33-20-13-19-32(29-33)34-23-14-27-40-42(34)50-41-28-12-11-26-39(41)46(40)37-24-9-7-21-35(37)36-22-8-10-25-38(36)46/h1-29H. The highest BCUT2D eigenvalue weighted by Gasteiger charge is 2.51. The monoisotopic (exact) mass is 639 g/mol. The molecule has 0 fully saturated rings. The van der Waals surface area contributed by atoms with Crippen molar-refractivity contribution in [2.24, 2.45) is 0 Å². The minimum atomic E-state index is -0.519. The first-order valence-corrected chi connectivity index (χ1v) is 16.9. The fraction of sp³-hybridized carbons (Fsp3) is 0.0217. The minimum Gasteiger partial charge on any atom is -0.456 e. The summed E-state index contributed by atoms with van der Waals surface area (Å²) in [4.78, 5) is 14.9. The zero-order valence-corrected chi connectivity index (χ0v) is 27.0. The lowest BCUT2D eigenvalue weighted by Crippen LogP contribution is -2.32. The summed E-state index contributed by atoms with van der Waals surface area (Å²) < 4.78 is 6.94. The summed E-state index contributed by atoms with van der Waals surface area (Å²) >= 11 is 0. The van der Waals surface area contributed by atoms with Crippen LogP contribution in [-0.4, -0.2) is 15.0 Å². The van der Waals surface area contributed by atoms with Crippen LogP contribution in [0, 0.1) is 0 Å². The first-order chi connectivity index (χ1) is 24.8. The molecule has 1 aromatic heterocycles. The predicted molar refractivity (Wildman–Crippen MR) is 199 cm³/mol. The van der Waals surface area contributed by atoms with Crippen molar-refractivity contribution in [2.45, 2.75) is 5.41 Å². The van der Waals surface area contributed by atoms with E-state index in [1.54, 1.807) is 0 Å². The third-order valence-electron chi connectivity index (χ3n) is 10.0. The van der Waals surface area contributed by atoms with E-state index in [1.165, 1.54) is 22.3 Å². The van der Waals surface area contributed by atoms with Gasteiger partial charge in [0.25, 0.3) is 0 Å². The molecule has 8 aromatic rings. The molecule has 0 unspecified atom stereocenters. The number of ether oxygens (including phenoxy) is 1. The zero-order chi connectivity index (χ0) is 33.1. The van der Waals surface area contributed by atoms with Gasteiger partial charge in [0.15, 0.2) is 17.5 Å². The van der Waals surface area contributed by atoms with E-state index < -0.39 is 5.41 Å². The molecule has 4 heteroatoms. The largest absolute Gasteiger partial charge is 0.456 e. The summed E-state index contributed by atoms with van der Waals surface area (Å²) in [7, 11) is 0. The molecule has 0 N–H and O–H groups in total. The maximum atomic E-state index is 6.94. The van der Waals surface area contributed by atoms with E-state index in [-0.39, 0.29) is 0 Å². The molecule has 0 atom stereocenters. The Hall–Kier alpha value is -6.65. The van der Waals surface area contributed by atoms with Crippen molar-refractivity contribution in [3.8, 4) is 67.9 Å². The Kier molecular flexibility index (Phi) is 6.36. The first-order valence-electron chi connectivity index (χ1n) is 16.9. The zero-order valence-electron chi connectivity index (χ0n) is 27.0. The molecule has 1 aliphatic carbocycles. The molecule has 234 valence electrons. The molecule has 7 aromatic carbocycles. The van der Waals surface area contributed by atoms with Crippen LogP contribution in [0.4, 0.5) is 0 Å². The van der Waals surface area contributed by atoms with Gasteiger partial charge in [0.2, 0.25) is 0 Å². The molecule has 0 saturated carbocycles. The van der Waals surface area contributed by atoms with Crippen LogP contribution >= 0.6 is 0 Å². The molecule has 0 radical (unpaired) electrons. The molecule has 0 amide bonds. The number of fused-ring (bicyclic) bond motifs is 9. The van der Waals surface area contributed by atoms with Gasteiger partial charge < -0.3 is 4.74 Å². The Labute approximate surface area is 290 Å². The van der Waals surface area contributed by atoms with Crippen LogP contribution in [0.5, 0.6) is 11.5 Å². The van der Waals surface area contributed by atoms with Crippen molar-refractivity contribution in [1.82, 2.24) is 15.0 Å². The number of nitrogens with zero attached hydrogens (tertiary/aromatic N) is 3. The Morgan fingerprint density at radius 2 is 0.780 bits per heavy atom. The molecular weight excluding hydrogens is 611 g/mol. The smallest absolute Gasteiger partial charge is 0.164 e. The molecule has 2 heterocycles. The van der Waals surface area contributed by atoms with Crippen LogP contribution in [0.15, 0.2) is 176 Å². The molecule has 50 heavy (non-hydrogen) atoms. The lowest BCUT2D eigenvalue weighted by Gasteiger charge is -2.40. The molecule has 0 bridgehead atoms. The average molecular weight is 640 g/mol. The van der Waals surface area contributed by atoms with Gasteiger partial charge in [-0.05, 0) is 39.9 Å². The molecule has 10 rings (SSSR count). The van der Waals surface area contributed by atoms with Crippen LogP contribution < -0.4 is 4.74 Å². The first kappa shape index (κ1) is 28.4. The summed E-state index contributed by atoms with van der Waals surface area (Å²) in [5.41, 5.74) is 11.7. The third-order valence-corrected chi connectivity index (χ3v) is 10.0. The van der Waals surface area contributed by atoms with Crippen molar-refractivity contribution in [2.75, 3.05) is 0 Å². The van der Waals surface area contributed by atoms with Gasteiger partial charge in [0.05, 0.1) is 5.41 Å². The van der Waals surface area contributed by atoms with Crippen LogP contribution in [0.25, 0.3) is 56.4 Å². The second kappa shape index (κ2) is 11.2. The second-order valence-corrected chi connectivity index (χ2v) is 12.7. The van der Waals surface area contributed by atoms with Gasteiger partial charge in [-0.25, -0.2) is 15.0 Å². The molecule has 1 spiro atoms. The van der Waals surface area contributed by atoms with Gasteiger partial charge in [-0.3, -0.25) is 0 Å². The number of aromatic nitrogens is 3. The number of para-hydroxylation sites is 2. The van der Waals surface area contributed by atoms with Crippen molar-refractivity contribution >= 4 is 0 Å². The van der Waals surface area contributed by atoms with Gasteiger partial charge in [0.1, 0.15) is 11.5 Å². The SMILES string of the molecule is c1ccc(-c2nc(-c3ccccc3)nc(-c3cccc(-c4cccc5c4Oc4ccccc4C54c5ccccc5-c5ccccc54)c3)n2)cc1. The van der Waals surface area contributed by atoms with E-state index in [4.69, 9.17) is 19.7 Å². The number of rotatable bonds is 4. The normalized spacial score (nSPS) is 13.1. The van der Waals surface area contributed by atoms with Crippen LogP contribution in [0.1, 0.15) is 22.3 Å². The van der Waals surface area contributed by atoms with Crippen molar-refractivity contribution < 1.29 is 4.74 Å². The third kappa shape index (κ3) is 4.22. The topological polar surface area (TPSA) is 47.9 Å². The minimum absolute atomic E-state index is 0.519. The summed E-state index contributed by atoms with van der Waals surface area (Å²) in [5, 5.41) is 0. The highest BCUT2D eigenvalue weighted by Crippen LogP contribution is 2.63. The number of benzene rings is 7. The highest BCUT2D eigenvalue weighted by atomic mass is 16.5. The van der Waals surface area contributed by atoms with Gasteiger partial charge in [-0.1, -0.05) is 164 Å². The summed E-state index contributed by atoms with van der Waals surface area (Å²) in [5.74, 6) is 3.62. The molecule has 1 aliphatic heterocycles. The van der Waals surface area contributed by atoms with E-state index in [9.17, 15) is 0 Å². The van der Waals surface area contributed by atoms with Gasteiger partial charge >= 0.3 is 0 Å². The Morgan fingerprint density at radius 3 is 1.42 bits per heavy atom. The molecule has 0 saturated heterocycles. The van der Waals surface area contributed by atoms with Crippen molar-refractivity contribution in [3.05, 3.63) is 198 Å². The Bertz CT molecular complexity index is 2480. The molecule has 2 aliphatic rings. The fourth-order valence-electron chi connectivity index (χ4n) is 7.87. The van der Waals surface area contributed by atoms with E-state index in [0.29, 0.717) is 17.5 Å². The predicted octanol–water partition coefficient (Wildman–Crippen LogP) is 11.0. The number of hydrogen-bond acceptors (Lipinski definition) is 4.